The second-order valence-electron chi connectivity index (χ2n) is 3.63. The van der Waals surface area contributed by atoms with Gasteiger partial charge in [0.25, 0.3) is 5.91 Å². The molecule has 0 fully saturated rings. The van der Waals surface area contributed by atoms with E-state index in [-0.39, 0.29) is 5.91 Å². The van der Waals surface area contributed by atoms with E-state index in [1.807, 2.05) is 6.92 Å². The molecule has 0 unspecified atom stereocenters. The Kier molecular flexibility index (Phi) is 3.09. The van der Waals surface area contributed by atoms with Gasteiger partial charge in [0.15, 0.2) is 5.69 Å². The Balaban J connectivity index is 2.08. The second-order valence-corrected chi connectivity index (χ2v) is 3.63. The molecule has 0 aliphatic carbocycles. The second kappa shape index (κ2) is 4.69. The van der Waals surface area contributed by atoms with Crippen molar-refractivity contribution in [3.8, 4) is 0 Å². The Hall–Kier alpha value is -2.30. The molecule has 0 saturated carbocycles. The number of carbonyl (C=O) groups excluding carboxylic acids is 1. The predicted molar refractivity (Wildman–Crippen MR) is 66.7 cm³/mol. The van der Waals surface area contributed by atoms with Gasteiger partial charge >= 0.3 is 0 Å². The van der Waals surface area contributed by atoms with E-state index in [0.717, 1.165) is 6.54 Å². The van der Waals surface area contributed by atoms with Crippen molar-refractivity contribution < 1.29 is 4.79 Å². The predicted octanol–water partition coefficient (Wildman–Crippen LogP) is 1.74. The molecule has 1 heterocycles. The summed E-state index contributed by atoms with van der Waals surface area (Å²) in [6.45, 7) is 2.71. The maximum atomic E-state index is 11.8. The third kappa shape index (κ3) is 2.63. The molecule has 88 valence electrons. The van der Waals surface area contributed by atoms with Gasteiger partial charge in [0.2, 0.25) is 0 Å². The van der Waals surface area contributed by atoms with E-state index in [0.29, 0.717) is 17.1 Å². The minimum Gasteiger partial charge on any atom is -0.399 e. The van der Waals surface area contributed by atoms with Crippen LogP contribution in [0.1, 0.15) is 17.4 Å². The molecule has 0 aliphatic rings. The quantitative estimate of drug-likeness (QED) is 0.789. The summed E-state index contributed by atoms with van der Waals surface area (Å²) in [5.41, 5.74) is 7.34. The van der Waals surface area contributed by atoms with Gasteiger partial charge in [0.1, 0.15) is 0 Å². The fraction of sp³-hybridized carbons (Fsp3) is 0.167. The molecule has 0 aliphatic heterocycles. The molecule has 1 aromatic carbocycles. The summed E-state index contributed by atoms with van der Waals surface area (Å²) in [6, 6.07) is 8.67. The van der Waals surface area contributed by atoms with Crippen LogP contribution in [-0.2, 0) is 6.54 Å². The van der Waals surface area contributed by atoms with Crippen LogP contribution in [0.2, 0.25) is 0 Å². The number of carbonyl (C=O) groups is 1. The first kappa shape index (κ1) is 11.2. The average Bonchev–Trinajstić information content (AvgIpc) is 2.81. The lowest BCUT2D eigenvalue weighted by Crippen LogP contribution is -2.13. The summed E-state index contributed by atoms with van der Waals surface area (Å²) < 4.78 is 1.71. The van der Waals surface area contributed by atoms with E-state index in [4.69, 9.17) is 5.73 Å². The van der Waals surface area contributed by atoms with Gasteiger partial charge in [-0.15, -0.1) is 0 Å². The van der Waals surface area contributed by atoms with Gasteiger partial charge in [-0.25, -0.2) is 0 Å². The third-order valence-electron chi connectivity index (χ3n) is 2.37. The first-order valence-electron chi connectivity index (χ1n) is 5.39. The molecule has 3 N–H and O–H groups in total. The van der Waals surface area contributed by atoms with Crippen molar-refractivity contribution in [1.82, 2.24) is 9.78 Å². The summed E-state index contributed by atoms with van der Waals surface area (Å²) in [4.78, 5) is 11.8. The van der Waals surface area contributed by atoms with Gasteiger partial charge in [-0.2, -0.15) is 5.10 Å². The Labute approximate surface area is 99.2 Å². The first-order valence-corrected chi connectivity index (χ1v) is 5.39. The zero-order valence-corrected chi connectivity index (χ0v) is 9.55. The van der Waals surface area contributed by atoms with Gasteiger partial charge in [0.05, 0.1) is 0 Å². The summed E-state index contributed by atoms with van der Waals surface area (Å²) in [5, 5.41) is 6.87. The highest BCUT2D eigenvalue weighted by atomic mass is 16.1. The van der Waals surface area contributed by atoms with E-state index in [1.54, 1.807) is 41.2 Å². The molecule has 17 heavy (non-hydrogen) atoms. The number of anilines is 2. The van der Waals surface area contributed by atoms with E-state index in [2.05, 4.69) is 10.4 Å². The number of hydrogen-bond acceptors (Lipinski definition) is 3. The Morgan fingerprint density at radius 2 is 2.06 bits per heavy atom. The molecule has 2 rings (SSSR count). The molecule has 0 spiro atoms. The van der Waals surface area contributed by atoms with Gasteiger partial charge in [-0.05, 0) is 37.3 Å². The molecule has 2 aromatic rings. The third-order valence-corrected chi connectivity index (χ3v) is 2.37. The van der Waals surface area contributed by atoms with Crippen molar-refractivity contribution in [2.45, 2.75) is 13.5 Å². The Morgan fingerprint density at radius 1 is 1.35 bits per heavy atom. The fourth-order valence-electron chi connectivity index (χ4n) is 1.42. The molecule has 0 radical (unpaired) electrons. The normalized spacial score (nSPS) is 10.2. The number of aromatic nitrogens is 2. The lowest BCUT2D eigenvalue weighted by Gasteiger charge is -2.03. The first-order chi connectivity index (χ1) is 8.19. The molecule has 1 amide bonds. The highest BCUT2D eigenvalue weighted by molar-refractivity contribution is 6.02. The standard InChI is InChI=1S/C12H14N4O/c1-2-16-8-7-11(15-16)12(17)14-10-5-3-9(13)4-6-10/h3-8H,2,13H2,1H3,(H,14,17). The van der Waals surface area contributed by atoms with E-state index in [9.17, 15) is 4.79 Å². The zero-order valence-electron chi connectivity index (χ0n) is 9.55. The maximum absolute atomic E-state index is 11.8. The van der Waals surface area contributed by atoms with Crippen LogP contribution in [0, 0.1) is 0 Å². The molecule has 1 aromatic heterocycles. The molecular weight excluding hydrogens is 216 g/mol. The zero-order chi connectivity index (χ0) is 12.3. The van der Waals surface area contributed by atoms with E-state index < -0.39 is 0 Å². The Morgan fingerprint density at radius 3 is 2.65 bits per heavy atom. The molecule has 0 saturated heterocycles. The molecule has 0 bridgehead atoms. The van der Waals surface area contributed by atoms with Crippen LogP contribution in [0.3, 0.4) is 0 Å². The fourth-order valence-corrected chi connectivity index (χ4v) is 1.42. The van der Waals surface area contributed by atoms with Gasteiger partial charge in [-0.1, -0.05) is 0 Å². The lowest BCUT2D eigenvalue weighted by atomic mass is 10.3. The van der Waals surface area contributed by atoms with Crippen LogP contribution in [0.5, 0.6) is 0 Å². The SMILES string of the molecule is CCn1ccc(C(=O)Nc2ccc(N)cc2)n1. The van der Waals surface area contributed by atoms with Gasteiger partial charge in [0, 0.05) is 24.1 Å². The monoisotopic (exact) mass is 230 g/mol. The number of benzene rings is 1. The smallest absolute Gasteiger partial charge is 0.276 e. The van der Waals surface area contributed by atoms with Crippen molar-refractivity contribution in [3.05, 3.63) is 42.2 Å². The number of nitrogen functional groups attached to an aromatic ring is 1. The number of aryl methyl sites for hydroxylation is 1. The van der Waals surface area contributed by atoms with Crippen LogP contribution in [0.15, 0.2) is 36.5 Å². The van der Waals surface area contributed by atoms with Crippen molar-refractivity contribution in [2.24, 2.45) is 0 Å². The Bertz CT molecular complexity index is 516. The molecule has 5 heteroatoms. The highest BCUT2D eigenvalue weighted by Crippen LogP contribution is 2.11. The van der Waals surface area contributed by atoms with Crippen molar-refractivity contribution in [2.75, 3.05) is 11.1 Å². The van der Waals surface area contributed by atoms with Crippen molar-refractivity contribution >= 4 is 17.3 Å². The summed E-state index contributed by atoms with van der Waals surface area (Å²) in [7, 11) is 0. The summed E-state index contributed by atoms with van der Waals surface area (Å²) >= 11 is 0. The van der Waals surface area contributed by atoms with Gasteiger partial charge in [-0.3, -0.25) is 9.48 Å². The minimum atomic E-state index is -0.220. The van der Waals surface area contributed by atoms with Crippen LogP contribution < -0.4 is 11.1 Å². The van der Waals surface area contributed by atoms with Crippen LogP contribution in [-0.4, -0.2) is 15.7 Å². The number of rotatable bonds is 3. The van der Waals surface area contributed by atoms with E-state index >= 15 is 0 Å². The maximum Gasteiger partial charge on any atom is 0.276 e. The topological polar surface area (TPSA) is 72.9 Å². The molecular formula is C12H14N4O. The van der Waals surface area contributed by atoms with Crippen LogP contribution in [0.25, 0.3) is 0 Å². The van der Waals surface area contributed by atoms with Crippen molar-refractivity contribution in [1.29, 1.82) is 0 Å². The number of nitrogens with one attached hydrogen (secondary N) is 1. The number of nitrogens with two attached hydrogens (primary N) is 1. The number of hydrogen-bond donors (Lipinski definition) is 2. The largest absolute Gasteiger partial charge is 0.399 e. The number of amides is 1. The van der Waals surface area contributed by atoms with E-state index in [1.165, 1.54) is 0 Å². The highest BCUT2D eigenvalue weighted by Gasteiger charge is 2.08. The minimum absolute atomic E-state index is 0.220. The summed E-state index contributed by atoms with van der Waals surface area (Å²) in [5.74, 6) is -0.220. The average molecular weight is 230 g/mol. The summed E-state index contributed by atoms with van der Waals surface area (Å²) in [6.07, 6.45) is 1.78. The van der Waals surface area contributed by atoms with Gasteiger partial charge < -0.3 is 11.1 Å². The molecule has 5 nitrogen and oxygen atoms in total. The lowest BCUT2D eigenvalue weighted by molar-refractivity contribution is 0.102. The van der Waals surface area contributed by atoms with Crippen molar-refractivity contribution in [3.63, 3.8) is 0 Å². The number of nitrogens with zero attached hydrogens (tertiary/aromatic N) is 2. The molecule has 0 atom stereocenters. The van der Waals surface area contributed by atoms with Crippen LogP contribution in [0.4, 0.5) is 11.4 Å². The van der Waals surface area contributed by atoms with Crippen LogP contribution >= 0.6 is 0 Å².